The number of aryl methyl sites for hydroxylation is 1. The van der Waals surface area contributed by atoms with Crippen LogP contribution in [0.1, 0.15) is 43.9 Å². The second kappa shape index (κ2) is 16.1. The number of carbonyl (C=O) groups is 2. The lowest BCUT2D eigenvalue weighted by Crippen LogP contribution is -2.54. The van der Waals surface area contributed by atoms with Crippen molar-refractivity contribution in [3.8, 4) is 0 Å². The molecule has 2 atom stereocenters. The normalized spacial score (nSPS) is 12.6. The Bertz CT molecular complexity index is 1700. The first-order valence-corrected chi connectivity index (χ1v) is 17.5. The van der Waals surface area contributed by atoms with Crippen LogP contribution in [0, 0.1) is 0 Å². The number of rotatable bonds is 14. The van der Waals surface area contributed by atoms with E-state index >= 15 is 0 Å². The van der Waals surface area contributed by atoms with Gasteiger partial charge < -0.3 is 10.2 Å². The molecule has 0 fully saturated rings. The van der Waals surface area contributed by atoms with Crippen LogP contribution in [-0.4, -0.2) is 43.8 Å². The van der Waals surface area contributed by atoms with E-state index < -0.39 is 28.5 Å². The summed E-state index contributed by atoms with van der Waals surface area (Å²) < 4.78 is 29.3. The number of benzene rings is 4. The molecule has 0 aliphatic carbocycles. The third kappa shape index (κ3) is 8.69. The van der Waals surface area contributed by atoms with E-state index in [0.29, 0.717) is 27.7 Å². The number of hydrogen-bond acceptors (Lipinski definition) is 4. The Kier molecular flexibility index (Phi) is 12.3. The first-order valence-electron chi connectivity index (χ1n) is 15.3. The largest absolute Gasteiger partial charge is 0.352 e. The third-order valence-electron chi connectivity index (χ3n) is 7.90. The van der Waals surface area contributed by atoms with Gasteiger partial charge in [-0.3, -0.25) is 13.9 Å². The van der Waals surface area contributed by atoms with Crippen LogP contribution < -0.4 is 9.62 Å². The third-order valence-corrected chi connectivity index (χ3v) is 10.4. The van der Waals surface area contributed by atoms with Gasteiger partial charge in [-0.2, -0.15) is 0 Å². The Labute approximate surface area is 282 Å². The Hall–Kier alpha value is -3.85. The Morgan fingerprint density at radius 3 is 1.93 bits per heavy atom. The van der Waals surface area contributed by atoms with Crippen molar-refractivity contribution in [2.45, 2.75) is 63.6 Å². The Morgan fingerprint density at radius 1 is 0.783 bits per heavy atom. The highest BCUT2D eigenvalue weighted by Crippen LogP contribution is 2.29. The number of hydrogen-bond donors (Lipinski definition) is 1. The van der Waals surface area contributed by atoms with Crippen molar-refractivity contribution in [2.75, 3.05) is 10.8 Å². The first-order chi connectivity index (χ1) is 22.0. The second-order valence-corrected chi connectivity index (χ2v) is 13.8. The SMILES string of the molecule is CCc1ccc(N(CC(=O)N(Cc2c(Cl)cccc2Cl)[C@@H](Cc2ccccc2)C(=O)N[C@H](C)CC)S(=O)(=O)c2ccccc2)cc1. The molecule has 0 heterocycles. The summed E-state index contributed by atoms with van der Waals surface area (Å²) in [7, 11) is -4.19. The van der Waals surface area contributed by atoms with Gasteiger partial charge in [-0.05, 0) is 67.3 Å². The van der Waals surface area contributed by atoms with Crippen LogP contribution in [0.4, 0.5) is 5.69 Å². The molecule has 10 heteroatoms. The maximum atomic E-state index is 14.6. The smallest absolute Gasteiger partial charge is 0.264 e. The number of nitrogens with zero attached hydrogens (tertiary/aromatic N) is 2. The summed E-state index contributed by atoms with van der Waals surface area (Å²) in [6, 6.07) is 28.3. The molecule has 0 unspecified atom stereocenters. The second-order valence-electron chi connectivity index (χ2n) is 11.1. The maximum absolute atomic E-state index is 14.6. The average molecular weight is 681 g/mol. The predicted molar refractivity (Wildman–Crippen MR) is 186 cm³/mol. The molecule has 46 heavy (non-hydrogen) atoms. The van der Waals surface area contributed by atoms with Crippen LogP contribution in [0.15, 0.2) is 108 Å². The molecule has 4 aromatic carbocycles. The van der Waals surface area contributed by atoms with Gasteiger partial charge >= 0.3 is 0 Å². The minimum absolute atomic E-state index is 0.0402. The van der Waals surface area contributed by atoms with Crippen LogP contribution >= 0.6 is 23.2 Å². The van der Waals surface area contributed by atoms with Crippen molar-refractivity contribution in [2.24, 2.45) is 0 Å². The lowest BCUT2D eigenvalue weighted by Gasteiger charge is -2.34. The van der Waals surface area contributed by atoms with E-state index in [0.717, 1.165) is 21.9 Å². The highest BCUT2D eigenvalue weighted by molar-refractivity contribution is 7.92. The quantitative estimate of drug-likeness (QED) is 0.151. The molecular formula is C36H39Cl2N3O4S. The van der Waals surface area contributed by atoms with E-state index in [2.05, 4.69) is 5.32 Å². The predicted octanol–water partition coefficient (Wildman–Crippen LogP) is 7.31. The van der Waals surface area contributed by atoms with Crippen LogP contribution in [0.3, 0.4) is 0 Å². The summed E-state index contributed by atoms with van der Waals surface area (Å²) in [6.07, 6.45) is 1.64. The van der Waals surface area contributed by atoms with E-state index in [1.807, 2.05) is 63.2 Å². The lowest BCUT2D eigenvalue weighted by atomic mass is 10.0. The van der Waals surface area contributed by atoms with Crippen LogP contribution in [0.25, 0.3) is 0 Å². The summed E-state index contributed by atoms with van der Waals surface area (Å²) in [5.41, 5.74) is 2.64. The average Bonchev–Trinajstić information content (AvgIpc) is 3.07. The van der Waals surface area contributed by atoms with Gasteiger partial charge in [-0.15, -0.1) is 0 Å². The molecule has 0 saturated heterocycles. The zero-order valence-corrected chi connectivity index (χ0v) is 28.5. The van der Waals surface area contributed by atoms with Gasteiger partial charge in [0.1, 0.15) is 12.6 Å². The van der Waals surface area contributed by atoms with Gasteiger partial charge in [-0.25, -0.2) is 8.42 Å². The van der Waals surface area contributed by atoms with E-state index in [1.54, 1.807) is 48.5 Å². The number of sulfonamides is 1. The minimum atomic E-state index is -4.19. The maximum Gasteiger partial charge on any atom is 0.264 e. The standard InChI is InChI=1S/C36H39Cl2N3O4S/c1-4-26(3)39-36(43)34(23-28-13-8-6-9-14-28)40(24-31-32(37)17-12-18-33(31)38)35(42)25-41(29-21-19-27(5-2)20-22-29)46(44,45)30-15-10-7-11-16-30/h6-22,26,34H,4-5,23-25H2,1-3H3,(H,39,43)/t26-,34+/m1/s1. The topological polar surface area (TPSA) is 86.8 Å². The number of anilines is 1. The van der Waals surface area contributed by atoms with Crippen molar-refractivity contribution in [1.82, 2.24) is 10.2 Å². The van der Waals surface area contributed by atoms with E-state index in [9.17, 15) is 18.0 Å². The molecule has 2 amide bonds. The van der Waals surface area contributed by atoms with Gasteiger partial charge in [-0.1, -0.05) is 104 Å². The zero-order chi connectivity index (χ0) is 33.3. The first kappa shape index (κ1) is 35.0. The van der Waals surface area contributed by atoms with Gasteiger partial charge in [0.2, 0.25) is 11.8 Å². The fourth-order valence-electron chi connectivity index (χ4n) is 5.00. The molecule has 0 aromatic heterocycles. The monoisotopic (exact) mass is 679 g/mol. The van der Waals surface area contributed by atoms with Crippen molar-refractivity contribution in [3.05, 3.63) is 130 Å². The van der Waals surface area contributed by atoms with Crippen LogP contribution in [0.2, 0.25) is 10.0 Å². The summed E-state index contributed by atoms with van der Waals surface area (Å²) >= 11 is 13.2. The molecular weight excluding hydrogens is 641 g/mol. The molecule has 0 saturated carbocycles. The molecule has 4 rings (SSSR count). The Morgan fingerprint density at radius 2 is 1.37 bits per heavy atom. The van der Waals surface area contributed by atoms with Crippen molar-refractivity contribution in [1.29, 1.82) is 0 Å². The summed E-state index contributed by atoms with van der Waals surface area (Å²) in [6.45, 7) is 5.18. The molecule has 0 aliphatic heterocycles. The molecule has 1 N–H and O–H groups in total. The van der Waals surface area contributed by atoms with Gasteiger partial charge in [0.05, 0.1) is 10.6 Å². The zero-order valence-electron chi connectivity index (χ0n) is 26.2. The fourth-order valence-corrected chi connectivity index (χ4v) is 6.95. The summed E-state index contributed by atoms with van der Waals surface area (Å²) in [4.78, 5) is 30.0. The van der Waals surface area contributed by atoms with Crippen LogP contribution in [-0.2, 0) is 39.0 Å². The Balaban J connectivity index is 1.83. The molecule has 0 aliphatic rings. The van der Waals surface area contributed by atoms with Crippen molar-refractivity contribution >= 4 is 50.7 Å². The number of nitrogens with one attached hydrogen (secondary N) is 1. The minimum Gasteiger partial charge on any atom is -0.352 e. The number of amides is 2. The highest BCUT2D eigenvalue weighted by atomic mass is 35.5. The van der Waals surface area contributed by atoms with Crippen molar-refractivity contribution < 1.29 is 18.0 Å². The van der Waals surface area contributed by atoms with Crippen LogP contribution in [0.5, 0.6) is 0 Å². The molecule has 0 radical (unpaired) electrons. The molecule has 0 bridgehead atoms. The van der Waals surface area contributed by atoms with E-state index in [-0.39, 0.29) is 29.8 Å². The van der Waals surface area contributed by atoms with Crippen molar-refractivity contribution in [3.63, 3.8) is 0 Å². The summed E-state index contributed by atoms with van der Waals surface area (Å²) in [5, 5.41) is 3.68. The van der Waals surface area contributed by atoms with Gasteiger partial charge in [0.25, 0.3) is 10.0 Å². The van der Waals surface area contributed by atoms with E-state index in [4.69, 9.17) is 23.2 Å². The van der Waals surface area contributed by atoms with E-state index in [1.165, 1.54) is 17.0 Å². The number of halogens is 2. The molecule has 4 aromatic rings. The number of carbonyl (C=O) groups excluding carboxylic acids is 2. The van der Waals surface area contributed by atoms with Gasteiger partial charge in [0.15, 0.2) is 0 Å². The molecule has 0 spiro atoms. The lowest BCUT2D eigenvalue weighted by molar-refractivity contribution is -0.140. The highest BCUT2D eigenvalue weighted by Gasteiger charge is 2.35. The summed E-state index contributed by atoms with van der Waals surface area (Å²) in [5.74, 6) is -0.949. The molecule has 7 nitrogen and oxygen atoms in total. The van der Waals surface area contributed by atoms with Gasteiger partial charge in [0, 0.05) is 34.6 Å². The molecule has 242 valence electrons. The fraction of sp³-hybridized carbons (Fsp3) is 0.278.